The van der Waals surface area contributed by atoms with Gasteiger partial charge < -0.3 is 14.8 Å². The molecule has 0 radical (unpaired) electrons. The largest absolute Gasteiger partial charge is 0.493 e. The zero-order valence-electron chi connectivity index (χ0n) is 15.9. The Balaban J connectivity index is 1.85. The molecule has 0 spiro atoms. The lowest BCUT2D eigenvalue weighted by molar-refractivity contribution is -0.119. The number of rotatable bonds is 6. The van der Waals surface area contributed by atoms with Crippen molar-refractivity contribution < 1.29 is 14.3 Å². The summed E-state index contributed by atoms with van der Waals surface area (Å²) in [5.74, 6) is 0.684. The first-order valence-electron chi connectivity index (χ1n) is 8.71. The number of amides is 1. The van der Waals surface area contributed by atoms with Crippen LogP contribution in [-0.4, -0.2) is 29.9 Å². The molecule has 0 saturated heterocycles. The molecule has 1 N–H and O–H groups in total. The maximum absolute atomic E-state index is 12.7. The number of anilines is 1. The highest BCUT2D eigenvalue weighted by Gasteiger charge is 2.19. The van der Waals surface area contributed by atoms with Gasteiger partial charge in [0.1, 0.15) is 6.04 Å². The van der Waals surface area contributed by atoms with Gasteiger partial charge in [-0.05, 0) is 25.1 Å². The Hall–Kier alpha value is -3.61. The van der Waals surface area contributed by atoms with Crippen molar-refractivity contribution in [1.29, 1.82) is 0 Å². The smallest absolute Gasteiger partial charge is 0.267 e. The van der Waals surface area contributed by atoms with Gasteiger partial charge in [-0.2, -0.15) is 5.10 Å². The van der Waals surface area contributed by atoms with Crippen molar-refractivity contribution in [3.8, 4) is 22.8 Å². The highest BCUT2D eigenvalue weighted by Crippen LogP contribution is 2.30. The molecule has 3 aromatic rings. The highest BCUT2D eigenvalue weighted by atomic mass is 16.5. The van der Waals surface area contributed by atoms with Crippen LogP contribution in [0.5, 0.6) is 11.5 Å². The van der Waals surface area contributed by atoms with Gasteiger partial charge in [-0.1, -0.05) is 30.3 Å². The average Bonchev–Trinajstić information content (AvgIpc) is 2.74. The molecular formula is C21H21N3O4. The second-order valence-corrected chi connectivity index (χ2v) is 6.10. The number of ether oxygens (including phenoxy) is 2. The molecule has 0 bridgehead atoms. The molecule has 2 aromatic carbocycles. The minimum atomic E-state index is -0.802. The van der Waals surface area contributed by atoms with Gasteiger partial charge >= 0.3 is 0 Å². The van der Waals surface area contributed by atoms with Gasteiger partial charge in [0.05, 0.1) is 19.9 Å². The zero-order valence-corrected chi connectivity index (χ0v) is 15.9. The Morgan fingerprint density at radius 3 is 2.39 bits per heavy atom. The molecule has 144 valence electrons. The highest BCUT2D eigenvalue weighted by molar-refractivity contribution is 5.93. The minimum absolute atomic E-state index is 0.352. The van der Waals surface area contributed by atoms with Crippen LogP contribution in [0.2, 0.25) is 0 Å². The summed E-state index contributed by atoms with van der Waals surface area (Å²) in [6.07, 6.45) is 0. The van der Waals surface area contributed by atoms with E-state index in [4.69, 9.17) is 9.47 Å². The SMILES string of the molecule is COc1ccc(NC(=O)[C@@H](C)n2nc(-c3ccccc3)ccc2=O)cc1OC. The van der Waals surface area contributed by atoms with E-state index in [1.165, 1.54) is 25.0 Å². The minimum Gasteiger partial charge on any atom is -0.493 e. The van der Waals surface area contributed by atoms with Gasteiger partial charge in [-0.25, -0.2) is 4.68 Å². The quantitative estimate of drug-likeness (QED) is 0.712. The first kappa shape index (κ1) is 19.2. The molecule has 7 nitrogen and oxygen atoms in total. The number of benzene rings is 2. The Bertz CT molecular complexity index is 1030. The number of carbonyl (C=O) groups excluding carboxylic acids is 1. The normalized spacial score (nSPS) is 11.5. The number of hydrogen-bond donors (Lipinski definition) is 1. The van der Waals surface area contributed by atoms with E-state index in [2.05, 4.69) is 10.4 Å². The van der Waals surface area contributed by atoms with Crippen LogP contribution in [0.1, 0.15) is 13.0 Å². The Kier molecular flexibility index (Phi) is 5.74. The molecule has 0 aliphatic rings. The van der Waals surface area contributed by atoms with Crippen molar-refractivity contribution in [1.82, 2.24) is 9.78 Å². The van der Waals surface area contributed by atoms with Gasteiger partial charge in [0, 0.05) is 23.4 Å². The summed E-state index contributed by atoms with van der Waals surface area (Å²) in [7, 11) is 3.06. The van der Waals surface area contributed by atoms with E-state index < -0.39 is 6.04 Å². The molecule has 3 rings (SSSR count). The summed E-state index contributed by atoms with van der Waals surface area (Å²) in [5.41, 5.74) is 1.66. The van der Waals surface area contributed by atoms with Gasteiger partial charge in [-0.15, -0.1) is 0 Å². The molecule has 0 saturated carbocycles. The maximum atomic E-state index is 12.7. The fourth-order valence-corrected chi connectivity index (χ4v) is 2.74. The van der Waals surface area contributed by atoms with Gasteiger partial charge in [0.15, 0.2) is 11.5 Å². The van der Waals surface area contributed by atoms with Crippen molar-refractivity contribution >= 4 is 11.6 Å². The Morgan fingerprint density at radius 1 is 1.00 bits per heavy atom. The van der Waals surface area contributed by atoms with Crippen LogP contribution >= 0.6 is 0 Å². The van der Waals surface area contributed by atoms with Crippen LogP contribution in [0.3, 0.4) is 0 Å². The van der Waals surface area contributed by atoms with Crippen molar-refractivity contribution in [2.45, 2.75) is 13.0 Å². The third-order valence-electron chi connectivity index (χ3n) is 4.29. The third-order valence-corrected chi connectivity index (χ3v) is 4.29. The van der Waals surface area contributed by atoms with Crippen LogP contribution in [0.4, 0.5) is 5.69 Å². The third kappa shape index (κ3) is 4.03. The Morgan fingerprint density at radius 2 is 1.71 bits per heavy atom. The molecule has 1 aromatic heterocycles. The van der Waals surface area contributed by atoms with Crippen molar-refractivity contribution in [2.24, 2.45) is 0 Å². The summed E-state index contributed by atoms with van der Waals surface area (Å²) in [6.45, 7) is 1.62. The molecule has 0 aliphatic carbocycles. The van der Waals surface area contributed by atoms with Crippen LogP contribution in [-0.2, 0) is 4.79 Å². The van der Waals surface area contributed by atoms with Crippen molar-refractivity contribution in [3.63, 3.8) is 0 Å². The predicted octanol–water partition coefficient (Wildman–Crippen LogP) is 3.13. The summed E-state index contributed by atoms with van der Waals surface area (Å²) < 4.78 is 11.6. The molecule has 1 heterocycles. The number of hydrogen-bond acceptors (Lipinski definition) is 5. The van der Waals surface area contributed by atoms with Gasteiger partial charge in [0.2, 0.25) is 5.91 Å². The number of nitrogens with one attached hydrogen (secondary N) is 1. The molecule has 0 fully saturated rings. The predicted molar refractivity (Wildman–Crippen MR) is 107 cm³/mol. The lowest BCUT2D eigenvalue weighted by atomic mass is 10.1. The van der Waals surface area contributed by atoms with Gasteiger partial charge in [-0.3, -0.25) is 9.59 Å². The lowest BCUT2D eigenvalue weighted by Gasteiger charge is -2.16. The zero-order chi connectivity index (χ0) is 20.1. The molecule has 7 heteroatoms. The fourth-order valence-electron chi connectivity index (χ4n) is 2.74. The molecule has 0 aliphatic heterocycles. The molecular weight excluding hydrogens is 358 g/mol. The monoisotopic (exact) mass is 379 g/mol. The molecule has 1 atom stereocenters. The number of aromatic nitrogens is 2. The van der Waals surface area contributed by atoms with E-state index >= 15 is 0 Å². The van der Waals surface area contributed by atoms with Crippen LogP contribution < -0.4 is 20.3 Å². The number of carbonyl (C=O) groups is 1. The van der Waals surface area contributed by atoms with Crippen molar-refractivity contribution in [2.75, 3.05) is 19.5 Å². The molecule has 0 unspecified atom stereocenters. The standard InChI is InChI=1S/C21H21N3O4/c1-14(21(26)22-16-9-11-18(27-2)19(13-16)28-3)24-20(25)12-10-17(23-24)15-7-5-4-6-8-15/h4-14H,1-3H3,(H,22,26)/t14-/m1/s1. The summed E-state index contributed by atoms with van der Waals surface area (Å²) >= 11 is 0. The van der Waals surface area contributed by atoms with E-state index in [1.54, 1.807) is 31.2 Å². The van der Waals surface area contributed by atoms with E-state index in [9.17, 15) is 9.59 Å². The maximum Gasteiger partial charge on any atom is 0.267 e. The summed E-state index contributed by atoms with van der Waals surface area (Å²) in [5, 5.41) is 7.14. The van der Waals surface area contributed by atoms with E-state index in [1.807, 2.05) is 30.3 Å². The van der Waals surface area contributed by atoms with Crippen molar-refractivity contribution in [3.05, 3.63) is 71.0 Å². The van der Waals surface area contributed by atoms with E-state index in [0.29, 0.717) is 22.9 Å². The van der Waals surface area contributed by atoms with E-state index in [0.717, 1.165) is 5.56 Å². The topological polar surface area (TPSA) is 82.5 Å². The summed E-state index contributed by atoms with van der Waals surface area (Å²) in [4.78, 5) is 25.0. The Labute approximate surface area is 162 Å². The first-order valence-corrected chi connectivity index (χ1v) is 8.71. The van der Waals surface area contributed by atoms with Crippen LogP contribution in [0.15, 0.2) is 65.5 Å². The lowest BCUT2D eigenvalue weighted by Crippen LogP contribution is -2.33. The fraction of sp³-hybridized carbons (Fsp3) is 0.190. The number of nitrogens with zero attached hydrogens (tertiary/aromatic N) is 2. The second-order valence-electron chi connectivity index (χ2n) is 6.10. The molecule has 1 amide bonds. The first-order chi connectivity index (χ1) is 13.5. The van der Waals surface area contributed by atoms with Crippen LogP contribution in [0, 0.1) is 0 Å². The van der Waals surface area contributed by atoms with Gasteiger partial charge in [0.25, 0.3) is 5.56 Å². The van der Waals surface area contributed by atoms with E-state index in [-0.39, 0.29) is 11.5 Å². The number of methoxy groups -OCH3 is 2. The average molecular weight is 379 g/mol. The molecule has 28 heavy (non-hydrogen) atoms. The van der Waals surface area contributed by atoms with Crippen LogP contribution in [0.25, 0.3) is 11.3 Å². The summed E-state index contributed by atoms with van der Waals surface area (Å²) in [6, 6.07) is 16.8. The second kappa shape index (κ2) is 8.39.